The van der Waals surface area contributed by atoms with Gasteiger partial charge in [-0.25, -0.2) is 4.98 Å². The van der Waals surface area contributed by atoms with E-state index in [9.17, 15) is 4.79 Å². The van der Waals surface area contributed by atoms with Gasteiger partial charge in [0.1, 0.15) is 5.82 Å². The number of carbonyl (C=O) groups is 1. The minimum Gasteiger partial charge on any atom is -0.352 e. The minimum atomic E-state index is -0.149. The van der Waals surface area contributed by atoms with Gasteiger partial charge < -0.3 is 9.84 Å². The molecule has 1 aliphatic carbocycles. The molecule has 1 aliphatic rings. The summed E-state index contributed by atoms with van der Waals surface area (Å²) >= 11 is 0. The van der Waals surface area contributed by atoms with Gasteiger partial charge in [0.2, 0.25) is 0 Å². The van der Waals surface area contributed by atoms with E-state index < -0.39 is 0 Å². The van der Waals surface area contributed by atoms with Crippen molar-refractivity contribution in [2.75, 3.05) is 6.54 Å². The maximum atomic E-state index is 12.8. The second-order valence-corrected chi connectivity index (χ2v) is 6.87. The Labute approximate surface area is 154 Å². The fourth-order valence-corrected chi connectivity index (χ4v) is 3.33. The molecular formula is C19H18N6O2. The molecule has 0 radical (unpaired) electrons. The lowest BCUT2D eigenvalue weighted by atomic mass is 10.1. The predicted octanol–water partition coefficient (Wildman–Crippen LogP) is 2.42. The molecule has 5 rings (SSSR count). The molecule has 0 atom stereocenters. The van der Waals surface area contributed by atoms with Crippen LogP contribution < -0.4 is 5.32 Å². The summed E-state index contributed by atoms with van der Waals surface area (Å²) in [4.78, 5) is 17.4. The number of carbonyl (C=O) groups excluding carboxylic acids is 1. The van der Waals surface area contributed by atoms with E-state index in [-0.39, 0.29) is 5.91 Å². The van der Waals surface area contributed by atoms with Crippen molar-refractivity contribution in [2.45, 2.75) is 32.1 Å². The first-order valence-corrected chi connectivity index (χ1v) is 9.04. The zero-order chi connectivity index (χ0) is 18.4. The highest BCUT2D eigenvalue weighted by Crippen LogP contribution is 2.40. The second-order valence-electron chi connectivity index (χ2n) is 6.87. The lowest BCUT2D eigenvalue weighted by Gasteiger charge is -2.07. The normalized spacial score (nSPS) is 14.1. The Morgan fingerprint density at radius 3 is 3.07 bits per heavy atom. The molecule has 1 amide bonds. The lowest BCUT2D eigenvalue weighted by Crippen LogP contribution is -2.26. The highest BCUT2D eigenvalue weighted by molar-refractivity contribution is 6.06. The van der Waals surface area contributed by atoms with Crippen LogP contribution in [-0.4, -0.2) is 37.2 Å². The Kier molecular flexibility index (Phi) is 3.63. The number of pyridine rings is 2. The Morgan fingerprint density at radius 2 is 2.22 bits per heavy atom. The first-order chi connectivity index (χ1) is 13.2. The first-order valence-electron chi connectivity index (χ1n) is 9.04. The van der Waals surface area contributed by atoms with Gasteiger partial charge in [-0.2, -0.15) is 0 Å². The van der Waals surface area contributed by atoms with Crippen LogP contribution in [-0.2, 0) is 6.42 Å². The third-order valence-corrected chi connectivity index (χ3v) is 4.90. The fourth-order valence-electron chi connectivity index (χ4n) is 3.33. The molecule has 136 valence electrons. The van der Waals surface area contributed by atoms with Gasteiger partial charge in [0, 0.05) is 30.8 Å². The minimum absolute atomic E-state index is 0.149. The molecule has 0 spiro atoms. The summed E-state index contributed by atoms with van der Waals surface area (Å²) in [6, 6.07) is 7.63. The van der Waals surface area contributed by atoms with Crippen molar-refractivity contribution < 1.29 is 9.32 Å². The van der Waals surface area contributed by atoms with Crippen LogP contribution in [0.3, 0.4) is 0 Å². The van der Waals surface area contributed by atoms with Crippen molar-refractivity contribution in [3.8, 4) is 0 Å². The summed E-state index contributed by atoms with van der Waals surface area (Å²) in [6.07, 6.45) is 4.71. The molecule has 0 aromatic carbocycles. The average Bonchev–Trinajstić information content (AvgIpc) is 3.37. The van der Waals surface area contributed by atoms with Crippen LogP contribution in [0.2, 0.25) is 0 Å². The van der Waals surface area contributed by atoms with Crippen molar-refractivity contribution in [1.29, 1.82) is 0 Å². The molecule has 8 heteroatoms. The van der Waals surface area contributed by atoms with Crippen LogP contribution in [0.15, 0.2) is 35.0 Å². The molecule has 1 saturated carbocycles. The van der Waals surface area contributed by atoms with Gasteiger partial charge in [-0.05, 0) is 38.0 Å². The van der Waals surface area contributed by atoms with Gasteiger partial charge in [-0.15, -0.1) is 10.2 Å². The van der Waals surface area contributed by atoms with E-state index in [1.807, 2.05) is 41.8 Å². The molecule has 4 aromatic heterocycles. The summed E-state index contributed by atoms with van der Waals surface area (Å²) in [5.41, 5.74) is 3.39. The van der Waals surface area contributed by atoms with Gasteiger partial charge in [0.05, 0.1) is 16.6 Å². The van der Waals surface area contributed by atoms with Crippen molar-refractivity contribution >= 4 is 22.7 Å². The topological polar surface area (TPSA) is 98.2 Å². The molecule has 4 heterocycles. The summed E-state index contributed by atoms with van der Waals surface area (Å²) in [5, 5.41) is 16.0. The van der Waals surface area contributed by atoms with E-state index in [0.717, 1.165) is 30.0 Å². The summed E-state index contributed by atoms with van der Waals surface area (Å²) in [5.74, 6) is 1.09. The highest BCUT2D eigenvalue weighted by Gasteiger charge is 2.28. The molecule has 27 heavy (non-hydrogen) atoms. The number of hydrogen-bond donors (Lipinski definition) is 1. The van der Waals surface area contributed by atoms with Gasteiger partial charge in [-0.1, -0.05) is 11.2 Å². The number of hydrogen-bond acceptors (Lipinski definition) is 6. The standard InChI is InChI=1S/C19H18N6O2/c1-11-17-13(10-14(12-5-6-12)21-19(17)27-24-11)18(26)20-8-7-16-23-22-15-4-2-3-9-25(15)16/h2-4,9-10,12H,5-8H2,1H3,(H,20,26). The summed E-state index contributed by atoms with van der Waals surface area (Å²) in [7, 11) is 0. The monoisotopic (exact) mass is 362 g/mol. The first kappa shape index (κ1) is 15.9. The predicted molar refractivity (Wildman–Crippen MR) is 97.5 cm³/mol. The quantitative estimate of drug-likeness (QED) is 0.585. The van der Waals surface area contributed by atoms with E-state index in [1.165, 1.54) is 0 Å². The van der Waals surface area contributed by atoms with Crippen LogP contribution in [0.4, 0.5) is 0 Å². The molecule has 4 aromatic rings. The van der Waals surface area contributed by atoms with Gasteiger partial charge >= 0.3 is 0 Å². The zero-order valence-corrected chi connectivity index (χ0v) is 14.8. The van der Waals surface area contributed by atoms with Crippen LogP contribution in [0.5, 0.6) is 0 Å². The molecular weight excluding hydrogens is 344 g/mol. The molecule has 0 bridgehead atoms. The SMILES string of the molecule is Cc1noc2nc(C3CC3)cc(C(=O)NCCc3nnc4ccccn34)c12. The Morgan fingerprint density at radius 1 is 1.33 bits per heavy atom. The fraction of sp³-hybridized carbons (Fsp3) is 0.316. The number of fused-ring (bicyclic) bond motifs is 2. The number of nitrogens with zero attached hydrogens (tertiary/aromatic N) is 5. The van der Waals surface area contributed by atoms with Crippen molar-refractivity contribution in [3.05, 3.63) is 53.2 Å². The number of amides is 1. The van der Waals surface area contributed by atoms with Gasteiger partial charge in [0.25, 0.3) is 11.6 Å². The number of nitrogens with one attached hydrogen (secondary N) is 1. The van der Waals surface area contributed by atoms with E-state index in [4.69, 9.17) is 4.52 Å². The molecule has 1 fully saturated rings. The largest absolute Gasteiger partial charge is 0.352 e. The van der Waals surface area contributed by atoms with Crippen molar-refractivity contribution in [2.24, 2.45) is 0 Å². The second kappa shape index (κ2) is 6.15. The van der Waals surface area contributed by atoms with E-state index >= 15 is 0 Å². The third-order valence-electron chi connectivity index (χ3n) is 4.90. The number of rotatable bonds is 5. The molecule has 0 aliphatic heterocycles. The zero-order valence-electron chi connectivity index (χ0n) is 14.8. The molecule has 1 N–H and O–H groups in total. The van der Waals surface area contributed by atoms with Crippen LogP contribution in [0.25, 0.3) is 16.7 Å². The van der Waals surface area contributed by atoms with Crippen molar-refractivity contribution in [1.82, 2.24) is 30.1 Å². The third kappa shape index (κ3) is 2.83. The van der Waals surface area contributed by atoms with Gasteiger partial charge in [-0.3, -0.25) is 9.20 Å². The van der Waals surface area contributed by atoms with Crippen LogP contribution in [0, 0.1) is 6.92 Å². The average molecular weight is 362 g/mol. The molecule has 8 nitrogen and oxygen atoms in total. The van der Waals surface area contributed by atoms with Crippen LogP contribution in [0.1, 0.15) is 46.3 Å². The Hall–Kier alpha value is -3.29. The maximum absolute atomic E-state index is 12.8. The highest BCUT2D eigenvalue weighted by atomic mass is 16.5. The van der Waals surface area contributed by atoms with E-state index in [0.29, 0.717) is 41.2 Å². The lowest BCUT2D eigenvalue weighted by molar-refractivity contribution is 0.0955. The van der Waals surface area contributed by atoms with E-state index in [1.54, 1.807) is 0 Å². The summed E-state index contributed by atoms with van der Waals surface area (Å²) < 4.78 is 7.23. The van der Waals surface area contributed by atoms with Gasteiger partial charge in [0.15, 0.2) is 5.65 Å². The van der Waals surface area contributed by atoms with Crippen molar-refractivity contribution in [3.63, 3.8) is 0 Å². The van der Waals surface area contributed by atoms with Crippen LogP contribution >= 0.6 is 0 Å². The molecule has 0 saturated heterocycles. The maximum Gasteiger partial charge on any atom is 0.259 e. The van der Waals surface area contributed by atoms with E-state index in [2.05, 4.69) is 25.7 Å². The Bertz CT molecular complexity index is 1160. The molecule has 0 unspecified atom stereocenters. The smallest absolute Gasteiger partial charge is 0.259 e. The number of aryl methyl sites for hydroxylation is 1. The number of aromatic nitrogens is 5. The Balaban J connectivity index is 1.37. The summed E-state index contributed by atoms with van der Waals surface area (Å²) in [6.45, 7) is 2.28.